The van der Waals surface area contributed by atoms with Crippen LogP contribution in [0.25, 0.3) is 11.0 Å². The first-order valence-electron chi connectivity index (χ1n) is 5.98. The molecule has 2 aromatic rings. The van der Waals surface area contributed by atoms with E-state index in [9.17, 15) is 4.39 Å². The van der Waals surface area contributed by atoms with Crippen molar-refractivity contribution < 1.29 is 4.39 Å². The maximum Gasteiger partial charge on any atom is 0.201 e. The van der Waals surface area contributed by atoms with Crippen LogP contribution in [0.5, 0.6) is 0 Å². The van der Waals surface area contributed by atoms with Crippen molar-refractivity contribution in [3.63, 3.8) is 0 Å². The number of benzene rings is 1. The van der Waals surface area contributed by atoms with Gasteiger partial charge < -0.3 is 10.3 Å². The molecule has 0 saturated carbocycles. The lowest BCUT2D eigenvalue weighted by Gasteiger charge is -2.15. The van der Waals surface area contributed by atoms with E-state index >= 15 is 0 Å². The Morgan fingerprint density at radius 1 is 1.47 bits per heavy atom. The zero-order valence-electron chi connectivity index (χ0n) is 10.5. The summed E-state index contributed by atoms with van der Waals surface area (Å²) in [5, 5.41) is 0. The highest BCUT2D eigenvalue weighted by atomic mass is 19.1. The summed E-state index contributed by atoms with van der Waals surface area (Å²) in [5.74, 6) is 0.233. The second-order valence-corrected chi connectivity index (χ2v) is 4.57. The average molecular weight is 235 g/mol. The number of halogens is 1. The lowest BCUT2D eigenvalue weighted by molar-refractivity contribution is 0.518. The number of nitrogens with two attached hydrogens (primary N) is 1. The fraction of sp³-hybridized carbons (Fsp3) is 0.462. The highest BCUT2D eigenvalue weighted by Gasteiger charge is 2.14. The van der Waals surface area contributed by atoms with Gasteiger partial charge in [-0.25, -0.2) is 9.37 Å². The molecule has 1 heterocycles. The standard InChI is InChI=1S/C13H18FN3/c1-4-5-9(3)17-12-6-8(2)10(14)7-11(12)16-13(17)15/h6-7,9H,4-5H2,1-3H3,(H2,15,16). The molecular formula is C13H18FN3. The first-order chi connectivity index (χ1) is 8.04. The Hall–Kier alpha value is -1.58. The largest absolute Gasteiger partial charge is 0.369 e. The highest BCUT2D eigenvalue weighted by molar-refractivity contribution is 5.79. The van der Waals surface area contributed by atoms with E-state index in [1.165, 1.54) is 6.07 Å². The van der Waals surface area contributed by atoms with E-state index in [0.29, 0.717) is 17.0 Å². The molecule has 0 aliphatic rings. The summed E-state index contributed by atoms with van der Waals surface area (Å²) < 4.78 is 15.4. The fourth-order valence-electron chi connectivity index (χ4n) is 2.25. The lowest BCUT2D eigenvalue weighted by atomic mass is 10.1. The Kier molecular flexibility index (Phi) is 3.05. The van der Waals surface area contributed by atoms with Gasteiger partial charge in [0.15, 0.2) is 0 Å². The van der Waals surface area contributed by atoms with Gasteiger partial charge >= 0.3 is 0 Å². The summed E-state index contributed by atoms with van der Waals surface area (Å²) in [6, 6.07) is 3.56. The zero-order valence-corrected chi connectivity index (χ0v) is 10.5. The van der Waals surface area contributed by atoms with Crippen molar-refractivity contribution in [2.75, 3.05) is 5.73 Å². The molecule has 0 saturated heterocycles. The van der Waals surface area contributed by atoms with Crippen LogP contribution in [0.2, 0.25) is 0 Å². The number of hydrogen-bond donors (Lipinski definition) is 1. The molecule has 1 aromatic heterocycles. The summed E-state index contributed by atoms with van der Waals surface area (Å²) >= 11 is 0. The molecule has 0 aliphatic heterocycles. The van der Waals surface area contributed by atoms with E-state index in [-0.39, 0.29) is 11.9 Å². The zero-order chi connectivity index (χ0) is 12.6. The van der Waals surface area contributed by atoms with Crippen LogP contribution in [0.3, 0.4) is 0 Å². The molecule has 0 bridgehead atoms. The van der Waals surface area contributed by atoms with E-state index in [1.54, 1.807) is 6.92 Å². The van der Waals surface area contributed by atoms with E-state index in [1.807, 2.05) is 10.6 Å². The highest BCUT2D eigenvalue weighted by Crippen LogP contribution is 2.27. The van der Waals surface area contributed by atoms with Gasteiger partial charge in [-0.1, -0.05) is 13.3 Å². The second-order valence-electron chi connectivity index (χ2n) is 4.57. The minimum absolute atomic E-state index is 0.231. The summed E-state index contributed by atoms with van der Waals surface area (Å²) in [4.78, 5) is 4.22. The number of aromatic nitrogens is 2. The van der Waals surface area contributed by atoms with Crippen LogP contribution in [0.15, 0.2) is 12.1 Å². The SMILES string of the molecule is CCCC(C)n1c(N)nc2cc(F)c(C)cc21. The Morgan fingerprint density at radius 3 is 2.82 bits per heavy atom. The van der Waals surface area contributed by atoms with Crippen molar-refractivity contribution in [1.29, 1.82) is 0 Å². The second kappa shape index (κ2) is 4.35. The Balaban J connectivity index is 2.62. The van der Waals surface area contributed by atoms with Gasteiger partial charge in [0.25, 0.3) is 0 Å². The quantitative estimate of drug-likeness (QED) is 0.885. The van der Waals surface area contributed by atoms with Crippen LogP contribution in [-0.4, -0.2) is 9.55 Å². The van der Waals surface area contributed by atoms with Gasteiger partial charge in [-0.15, -0.1) is 0 Å². The van der Waals surface area contributed by atoms with Gasteiger partial charge in [-0.05, 0) is 31.9 Å². The van der Waals surface area contributed by atoms with Gasteiger partial charge in [-0.3, -0.25) is 0 Å². The molecular weight excluding hydrogens is 217 g/mol. The Morgan fingerprint density at radius 2 is 2.18 bits per heavy atom. The van der Waals surface area contributed by atoms with E-state index in [2.05, 4.69) is 18.8 Å². The van der Waals surface area contributed by atoms with Gasteiger partial charge in [0.2, 0.25) is 5.95 Å². The third-order valence-corrected chi connectivity index (χ3v) is 3.14. The van der Waals surface area contributed by atoms with Gasteiger partial charge in [0.05, 0.1) is 11.0 Å². The van der Waals surface area contributed by atoms with Crippen molar-refractivity contribution in [2.24, 2.45) is 0 Å². The first kappa shape index (κ1) is 11.9. The number of nitrogen functional groups attached to an aromatic ring is 1. The number of fused-ring (bicyclic) bond motifs is 1. The first-order valence-corrected chi connectivity index (χ1v) is 5.98. The van der Waals surface area contributed by atoms with Crippen molar-refractivity contribution >= 4 is 17.0 Å². The number of hydrogen-bond acceptors (Lipinski definition) is 2. The molecule has 1 atom stereocenters. The summed E-state index contributed by atoms with van der Waals surface area (Å²) in [7, 11) is 0. The molecule has 3 nitrogen and oxygen atoms in total. The van der Waals surface area contributed by atoms with Crippen LogP contribution in [0.4, 0.5) is 10.3 Å². The van der Waals surface area contributed by atoms with Gasteiger partial charge in [-0.2, -0.15) is 0 Å². The monoisotopic (exact) mass is 235 g/mol. The number of imidazole rings is 1. The fourth-order valence-corrected chi connectivity index (χ4v) is 2.25. The Labute approximate surface area is 100 Å². The molecule has 0 radical (unpaired) electrons. The Bertz CT molecular complexity index is 545. The smallest absolute Gasteiger partial charge is 0.201 e. The van der Waals surface area contributed by atoms with Gasteiger partial charge in [0, 0.05) is 12.1 Å². The predicted octanol–water partition coefficient (Wildman–Crippen LogP) is 3.43. The molecule has 1 aromatic carbocycles. The minimum Gasteiger partial charge on any atom is -0.369 e. The summed E-state index contributed by atoms with van der Waals surface area (Å²) in [6.07, 6.45) is 2.12. The topological polar surface area (TPSA) is 43.8 Å². The number of nitrogens with zero attached hydrogens (tertiary/aromatic N) is 2. The number of anilines is 1. The third-order valence-electron chi connectivity index (χ3n) is 3.14. The van der Waals surface area contributed by atoms with Crippen LogP contribution in [0.1, 0.15) is 38.3 Å². The van der Waals surface area contributed by atoms with Crippen LogP contribution in [-0.2, 0) is 0 Å². The molecule has 4 heteroatoms. The van der Waals surface area contributed by atoms with Crippen molar-refractivity contribution in [3.05, 3.63) is 23.5 Å². The molecule has 0 fully saturated rings. The van der Waals surface area contributed by atoms with Crippen LogP contribution >= 0.6 is 0 Å². The lowest BCUT2D eigenvalue weighted by Crippen LogP contribution is -2.08. The molecule has 0 aliphatic carbocycles. The van der Waals surface area contributed by atoms with Gasteiger partial charge in [0.1, 0.15) is 5.82 Å². The third kappa shape index (κ3) is 1.99. The molecule has 1 unspecified atom stereocenters. The van der Waals surface area contributed by atoms with Crippen molar-refractivity contribution in [3.8, 4) is 0 Å². The van der Waals surface area contributed by atoms with Crippen LogP contribution < -0.4 is 5.73 Å². The van der Waals surface area contributed by atoms with Crippen molar-refractivity contribution in [1.82, 2.24) is 9.55 Å². The molecule has 17 heavy (non-hydrogen) atoms. The molecule has 0 amide bonds. The minimum atomic E-state index is -0.231. The van der Waals surface area contributed by atoms with E-state index in [0.717, 1.165) is 18.4 Å². The summed E-state index contributed by atoms with van der Waals surface area (Å²) in [6.45, 7) is 6.00. The normalized spacial score (nSPS) is 13.2. The van der Waals surface area contributed by atoms with E-state index < -0.39 is 0 Å². The number of rotatable bonds is 3. The van der Waals surface area contributed by atoms with E-state index in [4.69, 9.17) is 5.73 Å². The van der Waals surface area contributed by atoms with Crippen LogP contribution in [0, 0.1) is 12.7 Å². The molecule has 2 N–H and O–H groups in total. The van der Waals surface area contributed by atoms with Crippen molar-refractivity contribution in [2.45, 2.75) is 39.7 Å². The predicted molar refractivity (Wildman–Crippen MR) is 68.5 cm³/mol. The summed E-state index contributed by atoms with van der Waals surface area (Å²) in [5.41, 5.74) is 8.09. The molecule has 92 valence electrons. The maximum atomic E-state index is 13.4. The molecule has 0 spiro atoms. The number of aryl methyl sites for hydroxylation is 1. The average Bonchev–Trinajstić information content (AvgIpc) is 2.55. The maximum absolute atomic E-state index is 13.4. The molecule has 2 rings (SSSR count).